The molecule has 1 aromatic heterocycles. The van der Waals surface area contributed by atoms with Gasteiger partial charge in [-0.15, -0.1) is 0 Å². The van der Waals surface area contributed by atoms with Gasteiger partial charge in [0.05, 0.1) is 23.9 Å². The first-order valence-electron chi connectivity index (χ1n) is 6.35. The first-order valence-corrected chi connectivity index (χ1v) is 7.34. The van der Waals surface area contributed by atoms with Gasteiger partial charge in [0.25, 0.3) is 0 Å². The Balaban J connectivity index is 2.12. The zero-order valence-corrected chi connectivity index (χ0v) is 11.7. The molecule has 1 N–H and O–H groups in total. The van der Waals surface area contributed by atoms with Crippen molar-refractivity contribution in [2.24, 2.45) is 0 Å². The summed E-state index contributed by atoms with van der Waals surface area (Å²) in [7, 11) is 0. The van der Waals surface area contributed by atoms with E-state index >= 15 is 0 Å². The first-order chi connectivity index (χ1) is 10.1. The van der Waals surface area contributed by atoms with Crippen molar-refractivity contribution in [2.75, 3.05) is 19.0 Å². The Morgan fingerprint density at radius 2 is 2.33 bits per heavy atom. The summed E-state index contributed by atoms with van der Waals surface area (Å²) in [4.78, 5) is 14.9. The SMILES string of the molecule is O=C(O)CSc1nc2c(F)cc(F)cc2n1C1CCOC1. The molecule has 1 unspecified atom stereocenters. The molecule has 0 spiro atoms. The van der Waals surface area contributed by atoms with E-state index in [2.05, 4.69) is 4.98 Å². The van der Waals surface area contributed by atoms with Gasteiger partial charge in [-0.1, -0.05) is 11.8 Å². The summed E-state index contributed by atoms with van der Waals surface area (Å²) >= 11 is 0.990. The summed E-state index contributed by atoms with van der Waals surface area (Å²) in [5, 5.41) is 9.16. The van der Waals surface area contributed by atoms with Gasteiger partial charge in [0.15, 0.2) is 11.0 Å². The second-order valence-corrected chi connectivity index (χ2v) is 5.66. The molecule has 2 heterocycles. The average Bonchev–Trinajstić information content (AvgIpc) is 3.02. The molecule has 1 aliphatic rings. The molecule has 0 bridgehead atoms. The minimum atomic E-state index is -0.993. The van der Waals surface area contributed by atoms with Gasteiger partial charge in [0.2, 0.25) is 0 Å². The lowest BCUT2D eigenvalue weighted by Crippen LogP contribution is -2.11. The molecule has 1 aliphatic heterocycles. The first kappa shape index (κ1) is 14.3. The number of carboxylic acid groups (broad SMARTS) is 1. The van der Waals surface area contributed by atoms with Gasteiger partial charge in [-0.25, -0.2) is 13.8 Å². The number of rotatable bonds is 4. The Bertz CT molecular complexity index is 698. The molecular formula is C13H12F2N2O3S. The summed E-state index contributed by atoms with van der Waals surface area (Å²) in [5.41, 5.74) is 0.382. The number of aromatic nitrogens is 2. The van der Waals surface area contributed by atoms with E-state index < -0.39 is 17.6 Å². The van der Waals surface area contributed by atoms with Gasteiger partial charge in [-0.05, 0) is 6.42 Å². The molecule has 112 valence electrons. The predicted octanol–water partition coefficient (Wildman–Crippen LogP) is 2.45. The third-order valence-electron chi connectivity index (χ3n) is 3.28. The van der Waals surface area contributed by atoms with E-state index in [-0.39, 0.29) is 17.3 Å². The number of benzene rings is 1. The Labute approximate surface area is 122 Å². The highest BCUT2D eigenvalue weighted by atomic mass is 32.2. The van der Waals surface area contributed by atoms with Crippen LogP contribution in [0.1, 0.15) is 12.5 Å². The van der Waals surface area contributed by atoms with Crippen LogP contribution in [0.4, 0.5) is 8.78 Å². The Kier molecular flexibility index (Phi) is 3.81. The molecule has 1 atom stereocenters. The van der Waals surface area contributed by atoms with E-state index in [1.807, 2.05) is 0 Å². The maximum Gasteiger partial charge on any atom is 0.313 e. The molecule has 0 amide bonds. The van der Waals surface area contributed by atoms with Gasteiger partial charge in [0.1, 0.15) is 11.3 Å². The van der Waals surface area contributed by atoms with Crippen LogP contribution in [-0.4, -0.2) is 39.6 Å². The Morgan fingerprint density at radius 1 is 1.52 bits per heavy atom. The molecule has 8 heteroatoms. The number of imidazole rings is 1. The van der Waals surface area contributed by atoms with E-state index in [9.17, 15) is 13.6 Å². The molecule has 5 nitrogen and oxygen atoms in total. The molecule has 21 heavy (non-hydrogen) atoms. The van der Waals surface area contributed by atoms with Crippen molar-refractivity contribution < 1.29 is 23.4 Å². The van der Waals surface area contributed by atoms with E-state index in [4.69, 9.17) is 9.84 Å². The van der Waals surface area contributed by atoms with Crippen molar-refractivity contribution >= 4 is 28.8 Å². The number of hydrogen-bond acceptors (Lipinski definition) is 4. The van der Waals surface area contributed by atoms with Gasteiger partial charge in [-0.3, -0.25) is 4.79 Å². The number of aliphatic carboxylic acids is 1. The third kappa shape index (κ3) is 2.73. The molecule has 0 aliphatic carbocycles. The second kappa shape index (κ2) is 5.61. The summed E-state index contributed by atoms with van der Waals surface area (Å²) in [6, 6.07) is 1.90. The van der Waals surface area contributed by atoms with Crippen LogP contribution >= 0.6 is 11.8 Å². The number of ether oxygens (including phenoxy) is 1. The van der Waals surface area contributed by atoms with Crippen LogP contribution in [0, 0.1) is 11.6 Å². The predicted molar refractivity (Wildman–Crippen MR) is 72.5 cm³/mol. The largest absolute Gasteiger partial charge is 0.481 e. The van der Waals surface area contributed by atoms with Crippen LogP contribution in [-0.2, 0) is 9.53 Å². The fraction of sp³-hybridized carbons (Fsp3) is 0.385. The molecule has 0 radical (unpaired) electrons. The number of halogens is 2. The Morgan fingerprint density at radius 3 is 3.00 bits per heavy atom. The summed E-state index contributed by atoms with van der Waals surface area (Å²) in [6.45, 7) is 0.982. The molecule has 1 saturated heterocycles. The quantitative estimate of drug-likeness (QED) is 0.878. The Hall–Kier alpha value is -1.67. The molecular weight excluding hydrogens is 302 g/mol. The lowest BCUT2D eigenvalue weighted by Gasteiger charge is -2.14. The van der Waals surface area contributed by atoms with E-state index in [0.717, 1.165) is 17.8 Å². The smallest absolute Gasteiger partial charge is 0.313 e. The van der Waals surface area contributed by atoms with Crippen molar-refractivity contribution in [3.05, 3.63) is 23.8 Å². The highest BCUT2D eigenvalue weighted by molar-refractivity contribution is 7.99. The van der Waals surface area contributed by atoms with Crippen molar-refractivity contribution in [3.63, 3.8) is 0 Å². The van der Waals surface area contributed by atoms with Gasteiger partial charge in [-0.2, -0.15) is 0 Å². The lowest BCUT2D eigenvalue weighted by molar-refractivity contribution is -0.133. The monoisotopic (exact) mass is 314 g/mol. The zero-order chi connectivity index (χ0) is 15.0. The number of hydrogen-bond donors (Lipinski definition) is 1. The van der Waals surface area contributed by atoms with Crippen LogP contribution < -0.4 is 0 Å². The van der Waals surface area contributed by atoms with Crippen molar-refractivity contribution in [1.29, 1.82) is 0 Å². The number of nitrogens with zero attached hydrogens (tertiary/aromatic N) is 2. The van der Waals surface area contributed by atoms with Crippen LogP contribution in [0.25, 0.3) is 11.0 Å². The summed E-state index contributed by atoms with van der Waals surface area (Å²) in [6.07, 6.45) is 0.699. The van der Waals surface area contributed by atoms with Gasteiger partial charge >= 0.3 is 5.97 Å². The number of fused-ring (bicyclic) bond motifs is 1. The van der Waals surface area contributed by atoms with Crippen molar-refractivity contribution in [3.8, 4) is 0 Å². The topological polar surface area (TPSA) is 64.3 Å². The fourth-order valence-electron chi connectivity index (χ4n) is 2.41. The van der Waals surface area contributed by atoms with E-state index in [0.29, 0.717) is 30.3 Å². The molecule has 1 aromatic carbocycles. The van der Waals surface area contributed by atoms with Crippen LogP contribution in [0.2, 0.25) is 0 Å². The zero-order valence-electron chi connectivity index (χ0n) is 10.9. The molecule has 3 rings (SSSR count). The molecule has 2 aromatic rings. The van der Waals surface area contributed by atoms with Crippen LogP contribution in [0.15, 0.2) is 17.3 Å². The van der Waals surface area contributed by atoms with Gasteiger partial charge < -0.3 is 14.4 Å². The minimum Gasteiger partial charge on any atom is -0.481 e. The summed E-state index contributed by atoms with van der Waals surface area (Å²) in [5.74, 6) is -2.62. The highest BCUT2D eigenvalue weighted by Gasteiger charge is 2.25. The second-order valence-electron chi connectivity index (χ2n) is 4.72. The van der Waals surface area contributed by atoms with Crippen LogP contribution in [0.5, 0.6) is 0 Å². The van der Waals surface area contributed by atoms with Gasteiger partial charge in [0, 0.05) is 18.7 Å². The maximum absolute atomic E-state index is 13.9. The maximum atomic E-state index is 13.9. The third-order valence-corrected chi connectivity index (χ3v) is 4.21. The number of carboxylic acids is 1. The van der Waals surface area contributed by atoms with Crippen molar-refractivity contribution in [2.45, 2.75) is 17.6 Å². The molecule has 1 fully saturated rings. The summed E-state index contributed by atoms with van der Waals surface area (Å²) < 4.78 is 34.3. The lowest BCUT2D eigenvalue weighted by atomic mass is 10.2. The fourth-order valence-corrected chi connectivity index (χ4v) is 3.20. The normalized spacial score (nSPS) is 18.5. The van der Waals surface area contributed by atoms with Crippen molar-refractivity contribution in [1.82, 2.24) is 9.55 Å². The molecule has 0 saturated carbocycles. The number of carbonyl (C=O) groups is 1. The standard InChI is InChI=1S/C13H12F2N2O3S/c14-7-3-9(15)12-10(4-7)17(8-1-2-20-5-8)13(16-12)21-6-11(18)19/h3-4,8H,1-2,5-6H2,(H,18,19). The minimum absolute atomic E-state index is 0.0520. The highest BCUT2D eigenvalue weighted by Crippen LogP contribution is 2.32. The van der Waals surface area contributed by atoms with E-state index in [1.165, 1.54) is 6.07 Å². The number of thioether (sulfide) groups is 1. The van der Waals surface area contributed by atoms with E-state index in [1.54, 1.807) is 4.57 Å². The average molecular weight is 314 g/mol. The van der Waals surface area contributed by atoms with Crippen LogP contribution in [0.3, 0.4) is 0 Å².